The number of hydrogen-bond donors (Lipinski definition) is 0. The third kappa shape index (κ3) is 2.73. The van der Waals surface area contributed by atoms with Crippen LogP contribution in [0.4, 0.5) is 0 Å². The minimum atomic E-state index is -0.233. The van der Waals surface area contributed by atoms with Gasteiger partial charge in [-0.05, 0) is 48.3 Å². The third-order valence-electron chi connectivity index (χ3n) is 5.92. The number of carbonyl (C=O) groups is 1. The van der Waals surface area contributed by atoms with Gasteiger partial charge in [-0.3, -0.25) is 0 Å². The van der Waals surface area contributed by atoms with E-state index in [0.717, 1.165) is 17.8 Å². The second-order valence-corrected chi connectivity index (χ2v) is 6.91. The smallest absolute Gasteiger partial charge is 0.330 e. The summed E-state index contributed by atoms with van der Waals surface area (Å²) in [6.45, 7) is 7.18. The SMILES string of the molecule is COC(=O)C=C[C@@H](C)[C@H]1CCC2[C@@H](C)CCC[C@@]21C. The molecule has 5 atom stereocenters. The van der Waals surface area contributed by atoms with E-state index in [4.69, 9.17) is 0 Å². The van der Waals surface area contributed by atoms with E-state index >= 15 is 0 Å². The molecule has 2 fully saturated rings. The highest BCUT2D eigenvalue weighted by Gasteiger charge is 2.50. The Kier molecular flexibility index (Phi) is 4.37. The van der Waals surface area contributed by atoms with Gasteiger partial charge in [0.15, 0.2) is 0 Å². The van der Waals surface area contributed by atoms with Crippen molar-refractivity contribution in [1.29, 1.82) is 0 Å². The van der Waals surface area contributed by atoms with Gasteiger partial charge in [0.25, 0.3) is 0 Å². The van der Waals surface area contributed by atoms with Gasteiger partial charge in [-0.2, -0.15) is 0 Å². The second-order valence-electron chi connectivity index (χ2n) is 6.91. The van der Waals surface area contributed by atoms with Crippen molar-refractivity contribution in [2.45, 2.75) is 52.9 Å². The first kappa shape index (κ1) is 14.6. The quantitative estimate of drug-likeness (QED) is 0.564. The first-order valence-electron chi connectivity index (χ1n) is 7.75. The van der Waals surface area contributed by atoms with Gasteiger partial charge in [0.1, 0.15) is 0 Å². The van der Waals surface area contributed by atoms with Crippen molar-refractivity contribution in [3.8, 4) is 0 Å². The molecule has 108 valence electrons. The van der Waals surface area contributed by atoms with Gasteiger partial charge >= 0.3 is 5.97 Å². The number of rotatable bonds is 3. The molecule has 2 saturated carbocycles. The summed E-state index contributed by atoms with van der Waals surface area (Å²) >= 11 is 0. The number of carbonyl (C=O) groups excluding carboxylic acids is 1. The molecule has 0 aromatic heterocycles. The summed E-state index contributed by atoms with van der Waals surface area (Å²) in [5, 5.41) is 0. The topological polar surface area (TPSA) is 26.3 Å². The average Bonchev–Trinajstić information content (AvgIpc) is 2.74. The van der Waals surface area contributed by atoms with Gasteiger partial charge in [0, 0.05) is 6.08 Å². The van der Waals surface area contributed by atoms with E-state index in [1.807, 2.05) is 0 Å². The molecule has 0 aliphatic heterocycles. The monoisotopic (exact) mass is 264 g/mol. The van der Waals surface area contributed by atoms with Crippen LogP contribution in [-0.4, -0.2) is 13.1 Å². The zero-order chi connectivity index (χ0) is 14.0. The van der Waals surface area contributed by atoms with Gasteiger partial charge in [-0.25, -0.2) is 4.79 Å². The Labute approximate surface area is 117 Å². The Balaban J connectivity index is 2.08. The molecule has 0 heterocycles. The first-order valence-corrected chi connectivity index (χ1v) is 7.75. The molecule has 0 spiro atoms. The molecule has 2 rings (SSSR count). The first-order chi connectivity index (χ1) is 8.99. The molecule has 1 unspecified atom stereocenters. The average molecular weight is 264 g/mol. The second kappa shape index (κ2) is 5.68. The molecular weight excluding hydrogens is 236 g/mol. The van der Waals surface area contributed by atoms with Crippen molar-refractivity contribution in [3.05, 3.63) is 12.2 Å². The molecule has 0 N–H and O–H groups in total. The molecule has 0 amide bonds. The highest BCUT2D eigenvalue weighted by Crippen LogP contribution is 2.59. The molecular formula is C17H28O2. The fourth-order valence-corrected chi connectivity index (χ4v) is 4.90. The van der Waals surface area contributed by atoms with E-state index in [9.17, 15) is 4.79 Å². The summed E-state index contributed by atoms with van der Waals surface area (Å²) in [6.07, 6.45) is 10.5. The van der Waals surface area contributed by atoms with Gasteiger partial charge in [0.05, 0.1) is 7.11 Å². The van der Waals surface area contributed by atoms with Crippen molar-refractivity contribution in [3.63, 3.8) is 0 Å². The van der Waals surface area contributed by atoms with Crippen molar-refractivity contribution < 1.29 is 9.53 Å². The van der Waals surface area contributed by atoms with Gasteiger partial charge < -0.3 is 4.74 Å². The summed E-state index contributed by atoms with van der Waals surface area (Å²) in [4.78, 5) is 11.2. The number of ether oxygens (including phenoxy) is 1. The highest BCUT2D eigenvalue weighted by molar-refractivity contribution is 5.81. The number of allylic oxidation sites excluding steroid dienone is 1. The summed E-state index contributed by atoms with van der Waals surface area (Å²) in [5.74, 6) is 2.73. The molecule has 0 aromatic carbocycles. The lowest BCUT2D eigenvalue weighted by molar-refractivity contribution is -0.134. The Morgan fingerprint density at radius 1 is 1.37 bits per heavy atom. The minimum absolute atomic E-state index is 0.233. The van der Waals surface area contributed by atoms with Gasteiger partial charge in [-0.1, -0.05) is 39.7 Å². The highest BCUT2D eigenvalue weighted by atomic mass is 16.5. The zero-order valence-corrected chi connectivity index (χ0v) is 12.8. The number of methoxy groups -OCH3 is 1. The lowest BCUT2D eigenvalue weighted by atomic mass is 9.60. The molecule has 0 aromatic rings. The Morgan fingerprint density at radius 3 is 2.79 bits per heavy atom. The van der Waals surface area contributed by atoms with E-state index in [1.165, 1.54) is 39.2 Å². The van der Waals surface area contributed by atoms with Crippen LogP contribution in [0.2, 0.25) is 0 Å². The van der Waals surface area contributed by atoms with Gasteiger partial charge in [0.2, 0.25) is 0 Å². The maximum absolute atomic E-state index is 11.2. The Hall–Kier alpha value is -0.790. The van der Waals surface area contributed by atoms with Crippen LogP contribution < -0.4 is 0 Å². The van der Waals surface area contributed by atoms with E-state index in [-0.39, 0.29) is 5.97 Å². The number of esters is 1. The van der Waals surface area contributed by atoms with Crippen molar-refractivity contribution in [1.82, 2.24) is 0 Å². The zero-order valence-electron chi connectivity index (χ0n) is 12.8. The van der Waals surface area contributed by atoms with E-state index in [1.54, 1.807) is 6.08 Å². The maximum atomic E-state index is 11.2. The van der Waals surface area contributed by atoms with Gasteiger partial charge in [-0.15, -0.1) is 0 Å². The standard InChI is InChI=1S/C17H28O2/c1-12-6-5-11-17(3)14(12)8-9-15(17)13(2)7-10-16(18)19-4/h7,10,12-15H,5-6,8-9,11H2,1-4H3/t12-,13+,14?,15+,17-/m0/s1. The predicted octanol–water partition coefficient (Wildman–Crippen LogP) is 4.20. The van der Waals surface area contributed by atoms with Crippen LogP contribution in [-0.2, 0) is 9.53 Å². The molecule has 0 saturated heterocycles. The molecule has 19 heavy (non-hydrogen) atoms. The van der Waals surface area contributed by atoms with E-state index in [2.05, 4.69) is 31.6 Å². The fraction of sp³-hybridized carbons (Fsp3) is 0.824. The van der Waals surface area contributed by atoms with Crippen molar-refractivity contribution in [2.24, 2.45) is 29.1 Å². The number of hydrogen-bond acceptors (Lipinski definition) is 2. The Morgan fingerprint density at radius 2 is 2.11 bits per heavy atom. The molecule has 2 nitrogen and oxygen atoms in total. The molecule has 0 radical (unpaired) electrons. The minimum Gasteiger partial charge on any atom is -0.466 e. The largest absolute Gasteiger partial charge is 0.466 e. The maximum Gasteiger partial charge on any atom is 0.330 e. The molecule has 2 heteroatoms. The van der Waals surface area contributed by atoms with Crippen LogP contribution in [0.5, 0.6) is 0 Å². The van der Waals surface area contributed by atoms with E-state index in [0.29, 0.717) is 11.3 Å². The molecule has 2 aliphatic rings. The van der Waals surface area contributed by atoms with Crippen molar-refractivity contribution in [2.75, 3.05) is 7.11 Å². The predicted molar refractivity (Wildman–Crippen MR) is 77.7 cm³/mol. The van der Waals surface area contributed by atoms with Crippen molar-refractivity contribution >= 4 is 5.97 Å². The lowest BCUT2D eigenvalue weighted by Crippen LogP contribution is -2.37. The number of fused-ring (bicyclic) bond motifs is 1. The van der Waals surface area contributed by atoms with Crippen LogP contribution in [0.1, 0.15) is 52.9 Å². The molecule has 0 bridgehead atoms. The summed E-state index contributed by atoms with van der Waals surface area (Å²) in [6, 6.07) is 0. The van der Waals surface area contributed by atoms with E-state index < -0.39 is 0 Å². The molecule has 2 aliphatic carbocycles. The Bertz CT molecular complexity index is 360. The summed E-state index contributed by atoms with van der Waals surface area (Å²) in [7, 11) is 1.44. The lowest BCUT2D eigenvalue weighted by Gasteiger charge is -2.45. The summed E-state index contributed by atoms with van der Waals surface area (Å²) < 4.78 is 4.69. The third-order valence-corrected chi connectivity index (χ3v) is 5.92. The normalized spacial score (nSPS) is 40.1. The fourth-order valence-electron chi connectivity index (χ4n) is 4.90. The van der Waals surface area contributed by atoms with Crippen LogP contribution in [0, 0.1) is 29.1 Å². The van der Waals surface area contributed by atoms with Crippen LogP contribution in [0.15, 0.2) is 12.2 Å². The van der Waals surface area contributed by atoms with Crippen LogP contribution in [0.25, 0.3) is 0 Å². The van der Waals surface area contributed by atoms with Crippen LogP contribution in [0.3, 0.4) is 0 Å². The van der Waals surface area contributed by atoms with Crippen LogP contribution >= 0.6 is 0 Å². The summed E-state index contributed by atoms with van der Waals surface area (Å²) in [5.41, 5.74) is 0.484.